The zero-order chi connectivity index (χ0) is 22.8. The second-order valence-corrected chi connectivity index (χ2v) is 7.51. The fraction of sp³-hybridized carbons (Fsp3) is 0.375. The van der Waals surface area contributed by atoms with Crippen molar-refractivity contribution < 1.29 is 19.5 Å². The molecule has 0 aromatic heterocycles. The van der Waals surface area contributed by atoms with E-state index >= 15 is 0 Å². The van der Waals surface area contributed by atoms with E-state index in [-0.39, 0.29) is 18.4 Å². The number of amides is 2. The summed E-state index contributed by atoms with van der Waals surface area (Å²) in [5.41, 5.74) is 7.76. The van der Waals surface area contributed by atoms with E-state index < -0.39 is 29.9 Å². The molecule has 2 unspecified atom stereocenters. The third kappa shape index (κ3) is 6.93. The number of benzene rings is 2. The molecule has 2 rings (SSSR count). The molecule has 0 fully saturated rings. The van der Waals surface area contributed by atoms with Crippen LogP contribution in [0, 0.1) is 5.92 Å². The van der Waals surface area contributed by atoms with Gasteiger partial charge >= 0.3 is 5.97 Å². The van der Waals surface area contributed by atoms with E-state index in [0.717, 1.165) is 11.1 Å². The lowest BCUT2D eigenvalue weighted by molar-refractivity contribution is -0.145. The monoisotopic (exact) mass is 425 g/mol. The molecule has 0 aliphatic heterocycles. The number of hydrogen-bond donors (Lipinski definition) is 4. The van der Waals surface area contributed by atoms with Crippen molar-refractivity contribution in [2.45, 2.75) is 51.2 Å². The summed E-state index contributed by atoms with van der Waals surface area (Å²) < 4.78 is 0. The van der Waals surface area contributed by atoms with Crippen LogP contribution in [0.5, 0.6) is 0 Å². The lowest BCUT2D eigenvalue weighted by atomic mass is 9.92. The first-order chi connectivity index (χ1) is 14.9. The summed E-state index contributed by atoms with van der Waals surface area (Å²) >= 11 is 0. The first-order valence-corrected chi connectivity index (χ1v) is 10.5. The molecule has 0 heterocycles. The Morgan fingerprint density at radius 3 is 1.97 bits per heavy atom. The van der Waals surface area contributed by atoms with Gasteiger partial charge in [0, 0.05) is 0 Å². The molecule has 0 bridgehead atoms. The smallest absolute Gasteiger partial charge is 0.308 e. The summed E-state index contributed by atoms with van der Waals surface area (Å²) in [5.74, 6) is -3.23. The summed E-state index contributed by atoms with van der Waals surface area (Å²) in [6.45, 7) is 3.74. The van der Waals surface area contributed by atoms with Gasteiger partial charge in [-0.25, -0.2) is 0 Å². The number of carbonyl (C=O) groups is 3. The fourth-order valence-corrected chi connectivity index (χ4v) is 3.42. The minimum atomic E-state index is -1.28. The zero-order valence-electron chi connectivity index (χ0n) is 18.0. The highest BCUT2D eigenvalue weighted by atomic mass is 16.4. The van der Waals surface area contributed by atoms with Gasteiger partial charge in [0.05, 0.1) is 18.0 Å². The molecule has 7 heteroatoms. The summed E-state index contributed by atoms with van der Waals surface area (Å²) in [6, 6.07) is 16.3. The molecule has 2 amide bonds. The van der Waals surface area contributed by atoms with Gasteiger partial charge in [-0.05, 0) is 30.4 Å². The maximum atomic E-state index is 12.8. The molecule has 2 aromatic rings. The molecule has 4 atom stereocenters. The fourth-order valence-electron chi connectivity index (χ4n) is 3.42. The van der Waals surface area contributed by atoms with Crippen molar-refractivity contribution in [3.05, 3.63) is 71.8 Å². The average Bonchev–Trinajstić information content (AvgIpc) is 2.79. The van der Waals surface area contributed by atoms with Crippen LogP contribution in [-0.4, -0.2) is 35.0 Å². The van der Waals surface area contributed by atoms with Crippen LogP contribution in [0.3, 0.4) is 0 Å². The van der Waals surface area contributed by atoms with Crippen molar-refractivity contribution in [1.29, 1.82) is 0 Å². The number of hydrogen-bond acceptors (Lipinski definition) is 4. The van der Waals surface area contributed by atoms with E-state index in [1.807, 2.05) is 43.3 Å². The van der Waals surface area contributed by atoms with E-state index in [1.165, 1.54) is 0 Å². The molecule has 0 saturated carbocycles. The van der Waals surface area contributed by atoms with Gasteiger partial charge in [-0.15, -0.1) is 0 Å². The Labute approximate surface area is 183 Å². The van der Waals surface area contributed by atoms with Crippen LogP contribution in [0.25, 0.3) is 0 Å². The molecule has 2 aromatic carbocycles. The molecule has 0 aliphatic carbocycles. The molecule has 7 nitrogen and oxygen atoms in total. The van der Waals surface area contributed by atoms with Gasteiger partial charge in [0.15, 0.2) is 0 Å². The Morgan fingerprint density at radius 2 is 1.45 bits per heavy atom. The van der Waals surface area contributed by atoms with E-state index in [4.69, 9.17) is 5.73 Å². The Kier molecular flexibility index (Phi) is 9.21. The highest BCUT2D eigenvalue weighted by Gasteiger charge is 2.33. The summed E-state index contributed by atoms with van der Waals surface area (Å²) in [7, 11) is 0. The van der Waals surface area contributed by atoms with Crippen molar-refractivity contribution in [3.63, 3.8) is 0 Å². The van der Waals surface area contributed by atoms with Crippen LogP contribution in [0.1, 0.15) is 43.9 Å². The van der Waals surface area contributed by atoms with Crippen LogP contribution in [0.2, 0.25) is 0 Å². The lowest BCUT2D eigenvalue weighted by Crippen LogP contribution is -2.55. The molecule has 5 N–H and O–H groups in total. The van der Waals surface area contributed by atoms with Crippen molar-refractivity contribution >= 4 is 17.8 Å². The predicted molar refractivity (Wildman–Crippen MR) is 119 cm³/mol. The predicted octanol–water partition coefficient (Wildman–Crippen LogP) is 2.42. The number of nitrogens with two attached hydrogens (primary N) is 1. The van der Waals surface area contributed by atoms with Gasteiger partial charge in [0.1, 0.15) is 6.04 Å². The van der Waals surface area contributed by atoms with Gasteiger partial charge in [-0.3, -0.25) is 14.4 Å². The average molecular weight is 426 g/mol. The molecular weight excluding hydrogens is 394 g/mol. The van der Waals surface area contributed by atoms with Gasteiger partial charge < -0.3 is 21.5 Å². The van der Waals surface area contributed by atoms with Crippen LogP contribution < -0.4 is 16.4 Å². The Bertz CT molecular complexity index is 858. The van der Waals surface area contributed by atoms with Crippen molar-refractivity contribution in [2.75, 3.05) is 0 Å². The van der Waals surface area contributed by atoms with E-state index in [2.05, 4.69) is 10.6 Å². The summed E-state index contributed by atoms with van der Waals surface area (Å²) in [5, 5.41) is 15.2. The number of carboxylic acids is 1. The van der Waals surface area contributed by atoms with Crippen LogP contribution in [0.4, 0.5) is 0 Å². The summed E-state index contributed by atoms with van der Waals surface area (Å²) in [6.07, 6.45) is 1.17. The Morgan fingerprint density at radius 1 is 0.871 bits per heavy atom. The maximum Gasteiger partial charge on any atom is 0.308 e. The number of carbonyl (C=O) groups excluding carboxylic acids is 2. The van der Waals surface area contributed by atoms with Crippen LogP contribution in [0.15, 0.2) is 60.7 Å². The number of nitrogens with one attached hydrogen (secondary N) is 2. The molecule has 0 aliphatic rings. The minimum Gasteiger partial charge on any atom is -0.481 e. The van der Waals surface area contributed by atoms with Crippen LogP contribution >= 0.6 is 0 Å². The van der Waals surface area contributed by atoms with E-state index in [0.29, 0.717) is 12.8 Å². The number of aliphatic carboxylic acids is 1. The van der Waals surface area contributed by atoms with E-state index in [9.17, 15) is 19.5 Å². The van der Waals surface area contributed by atoms with Crippen LogP contribution in [-0.2, 0) is 20.8 Å². The first-order valence-electron chi connectivity index (χ1n) is 10.5. The second-order valence-electron chi connectivity index (χ2n) is 7.51. The molecule has 31 heavy (non-hydrogen) atoms. The standard InChI is InChI=1S/C24H31N3O4/c1-3-19(17-13-9-6-10-14-17)26-22(28)20(4-2)27-23(29)21(25)18(24(30)31)15-16-11-7-5-8-12-16/h5-14,18-21H,3-4,15,25H2,1-2H3,(H,26,28)(H,27,29)(H,30,31)/t18?,19?,20-,21-/m0/s1. The normalized spacial score (nSPS) is 14.7. The highest BCUT2D eigenvalue weighted by Crippen LogP contribution is 2.17. The third-order valence-electron chi connectivity index (χ3n) is 5.32. The highest BCUT2D eigenvalue weighted by molar-refractivity contribution is 5.92. The van der Waals surface area contributed by atoms with Crippen molar-refractivity contribution in [1.82, 2.24) is 10.6 Å². The van der Waals surface area contributed by atoms with Gasteiger partial charge in [0.25, 0.3) is 0 Å². The first kappa shape index (κ1) is 24.1. The van der Waals surface area contributed by atoms with Gasteiger partial charge in [0.2, 0.25) is 11.8 Å². The van der Waals surface area contributed by atoms with Gasteiger partial charge in [-0.2, -0.15) is 0 Å². The molecule has 0 radical (unpaired) electrons. The summed E-state index contributed by atoms with van der Waals surface area (Å²) in [4.78, 5) is 37.2. The quantitative estimate of drug-likeness (QED) is 0.440. The largest absolute Gasteiger partial charge is 0.481 e. The molecule has 166 valence electrons. The molecule has 0 saturated heterocycles. The minimum absolute atomic E-state index is 0.125. The number of rotatable bonds is 11. The Hall–Kier alpha value is -3.19. The maximum absolute atomic E-state index is 12.8. The zero-order valence-corrected chi connectivity index (χ0v) is 18.0. The third-order valence-corrected chi connectivity index (χ3v) is 5.32. The number of carboxylic acid groups (broad SMARTS) is 1. The Balaban J connectivity index is 2.04. The SMILES string of the molecule is CCC(NC(=O)[C@H](CC)NC(=O)[C@@H](N)C(Cc1ccccc1)C(=O)O)c1ccccc1. The van der Waals surface area contributed by atoms with Crippen molar-refractivity contribution in [2.24, 2.45) is 11.7 Å². The topological polar surface area (TPSA) is 122 Å². The molecular formula is C24H31N3O4. The van der Waals surface area contributed by atoms with Crippen molar-refractivity contribution in [3.8, 4) is 0 Å². The second kappa shape index (κ2) is 11.9. The lowest BCUT2D eigenvalue weighted by Gasteiger charge is -2.25. The van der Waals surface area contributed by atoms with E-state index in [1.54, 1.807) is 31.2 Å². The van der Waals surface area contributed by atoms with Gasteiger partial charge in [-0.1, -0.05) is 74.5 Å². The molecule has 0 spiro atoms.